The molecule has 5 nitrogen and oxygen atoms in total. The molecule has 0 spiro atoms. The van der Waals surface area contributed by atoms with Crippen molar-refractivity contribution in [1.29, 1.82) is 0 Å². The number of unbranched alkanes of at least 4 members (excludes halogenated alkanes) is 1. The minimum atomic E-state index is -3.94. The van der Waals surface area contributed by atoms with Gasteiger partial charge in [0.25, 0.3) is 15.9 Å². The number of halogens is 2. The van der Waals surface area contributed by atoms with Crippen molar-refractivity contribution in [3.8, 4) is 0 Å². The van der Waals surface area contributed by atoms with Gasteiger partial charge in [-0.05, 0) is 48.9 Å². The lowest BCUT2D eigenvalue weighted by Gasteiger charge is -2.11. The first-order chi connectivity index (χ1) is 11.8. The molecule has 8 heteroatoms. The molecule has 0 unspecified atom stereocenters. The van der Waals surface area contributed by atoms with Crippen LogP contribution < -0.4 is 10.0 Å². The molecule has 0 heterocycles. The highest BCUT2D eigenvalue weighted by atomic mass is 35.5. The highest BCUT2D eigenvalue weighted by molar-refractivity contribution is 7.92. The minimum Gasteiger partial charge on any atom is -0.352 e. The van der Waals surface area contributed by atoms with E-state index < -0.39 is 10.0 Å². The zero-order valence-electron chi connectivity index (χ0n) is 13.6. The number of carbonyl (C=O) groups excluding carboxylic acids is 1. The first-order valence-corrected chi connectivity index (χ1v) is 9.93. The average molecular weight is 401 g/mol. The Morgan fingerprint density at radius 2 is 1.76 bits per heavy atom. The maximum atomic E-state index is 12.6. The van der Waals surface area contributed by atoms with E-state index in [1.807, 2.05) is 6.92 Å². The lowest BCUT2D eigenvalue weighted by Crippen LogP contribution is -2.24. The highest BCUT2D eigenvalue weighted by Crippen LogP contribution is 2.25. The summed E-state index contributed by atoms with van der Waals surface area (Å²) in [6.45, 7) is 2.55. The number of hydrogen-bond acceptors (Lipinski definition) is 3. The highest BCUT2D eigenvalue weighted by Gasteiger charge is 2.20. The maximum Gasteiger partial charge on any atom is 0.263 e. The number of hydrogen-bond donors (Lipinski definition) is 2. The Hall–Kier alpha value is -1.76. The summed E-state index contributed by atoms with van der Waals surface area (Å²) in [6, 6.07) is 10.4. The fraction of sp³-hybridized carbons (Fsp3) is 0.235. The first kappa shape index (κ1) is 19.6. The van der Waals surface area contributed by atoms with Gasteiger partial charge in [0.1, 0.15) is 4.90 Å². The molecule has 0 saturated heterocycles. The van der Waals surface area contributed by atoms with Crippen LogP contribution in [0.15, 0.2) is 47.4 Å². The van der Waals surface area contributed by atoms with Crippen molar-refractivity contribution in [3.63, 3.8) is 0 Å². The summed E-state index contributed by atoms with van der Waals surface area (Å²) in [6.07, 6.45) is 1.80. The SMILES string of the molecule is CCCCNC(=O)c1ccc(Cl)c(S(=O)(=O)Nc2ccc(Cl)cc2)c1. The monoisotopic (exact) mass is 400 g/mol. The molecule has 1 amide bonds. The smallest absolute Gasteiger partial charge is 0.263 e. The van der Waals surface area contributed by atoms with Gasteiger partial charge in [-0.2, -0.15) is 0 Å². The summed E-state index contributed by atoms with van der Waals surface area (Å²) in [5, 5.41) is 3.27. The maximum absolute atomic E-state index is 12.6. The number of rotatable bonds is 7. The first-order valence-electron chi connectivity index (χ1n) is 7.69. The van der Waals surface area contributed by atoms with Crippen molar-refractivity contribution in [1.82, 2.24) is 5.32 Å². The Kier molecular flexibility index (Phi) is 6.70. The molecule has 2 aromatic rings. The van der Waals surface area contributed by atoms with E-state index in [4.69, 9.17) is 23.2 Å². The molecule has 2 aromatic carbocycles. The van der Waals surface area contributed by atoms with Crippen LogP contribution in [-0.2, 0) is 10.0 Å². The third kappa shape index (κ3) is 5.36. The van der Waals surface area contributed by atoms with Gasteiger partial charge in [-0.25, -0.2) is 8.42 Å². The largest absolute Gasteiger partial charge is 0.352 e. The minimum absolute atomic E-state index is 0.0339. The zero-order valence-corrected chi connectivity index (χ0v) is 15.9. The number of amides is 1. The van der Waals surface area contributed by atoms with E-state index in [1.165, 1.54) is 30.3 Å². The third-order valence-electron chi connectivity index (χ3n) is 3.40. The van der Waals surface area contributed by atoms with Crippen molar-refractivity contribution in [2.45, 2.75) is 24.7 Å². The fourth-order valence-electron chi connectivity index (χ4n) is 2.06. The van der Waals surface area contributed by atoms with Gasteiger partial charge in [-0.3, -0.25) is 9.52 Å². The Morgan fingerprint density at radius 1 is 1.08 bits per heavy atom. The van der Waals surface area contributed by atoms with E-state index in [0.29, 0.717) is 17.3 Å². The Morgan fingerprint density at radius 3 is 2.40 bits per heavy atom. The van der Waals surface area contributed by atoms with Gasteiger partial charge >= 0.3 is 0 Å². The van der Waals surface area contributed by atoms with Crippen LogP contribution in [0, 0.1) is 0 Å². The average Bonchev–Trinajstić information content (AvgIpc) is 2.57. The number of benzene rings is 2. The van der Waals surface area contributed by atoms with Crippen LogP contribution in [0.2, 0.25) is 10.0 Å². The second kappa shape index (κ2) is 8.56. The van der Waals surface area contributed by atoms with E-state index >= 15 is 0 Å². The van der Waals surface area contributed by atoms with Crippen LogP contribution in [0.25, 0.3) is 0 Å². The normalized spacial score (nSPS) is 11.2. The zero-order chi connectivity index (χ0) is 18.4. The van der Waals surface area contributed by atoms with E-state index in [0.717, 1.165) is 12.8 Å². The summed E-state index contributed by atoms with van der Waals surface area (Å²) in [5.74, 6) is -0.340. The predicted octanol–water partition coefficient (Wildman–Crippen LogP) is 4.32. The fourth-order valence-corrected chi connectivity index (χ4v) is 3.77. The second-order valence-corrected chi connectivity index (χ2v) is 7.86. The summed E-state index contributed by atoms with van der Waals surface area (Å²) < 4.78 is 27.6. The second-order valence-electron chi connectivity index (χ2n) is 5.37. The molecule has 0 radical (unpaired) electrons. The van der Waals surface area contributed by atoms with Gasteiger partial charge in [-0.15, -0.1) is 0 Å². The van der Waals surface area contributed by atoms with Crippen LogP contribution in [0.3, 0.4) is 0 Å². The molecule has 0 aliphatic heterocycles. The van der Waals surface area contributed by atoms with Crippen molar-refractivity contribution >= 4 is 44.8 Å². The van der Waals surface area contributed by atoms with Gasteiger partial charge in [-0.1, -0.05) is 36.5 Å². The molecule has 0 aliphatic rings. The lowest BCUT2D eigenvalue weighted by molar-refractivity contribution is 0.0953. The molecule has 0 aliphatic carbocycles. The summed E-state index contributed by atoms with van der Waals surface area (Å²) in [4.78, 5) is 12.0. The van der Waals surface area contributed by atoms with Gasteiger partial charge in [0.2, 0.25) is 0 Å². The van der Waals surface area contributed by atoms with Crippen LogP contribution >= 0.6 is 23.2 Å². The molecular formula is C17H18Cl2N2O3S. The van der Waals surface area contributed by atoms with Crippen molar-refractivity contribution < 1.29 is 13.2 Å². The topological polar surface area (TPSA) is 75.3 Å². The Balaban J connectivity index is 2.26. The predicted molar refractivity (Wildman–Crippen MR) is 101 cm³/mol. The van der Waals surface area contributed by atoms with Crippen molar-refractivity contribution in [3.05, 3.63) is 58.1 Å². The van der Waals surface area contributed by atoms with E-state index in [9.17, 15) is 13.2 Å². The molecule has 0 bridgehead atoms. The molecule has 134 valence electrons. The van der Waals surface area contributed by atoms with E-state index in [2.05, 4.69) is 10.0 Å². The van der Waals surface area contributed by atoms with Gasteiger partial charge in [0.15, 0.2) is 0 Å². The van der Waals surface area contributed by atoms with Gasteiger partial charge in [0.05, 0.1) is 5.02 Å². The summed E-state index contributed by atoms with van der Waals surface area (Å²) in [7, 11) is -3.94. The Bertz CT molecular complexity index is 853. The molecule has 2 N–H and O–H groups in total. The number of nitrogens with one attached hydrogen (secondary N) is 2. The van der Waals surface area contributed by atoms with Crippen molar-refractivity contribution in [2.24, 2.45) is 0 Å². The van der Waals surface area contributed by atoms with Crippen LogP contribution in [0.4, 0.5) is 5.69 Å². The number of sulfonamides is 1. The van der Waals surface area contributed by atoms with Crippen LogP contribution in [-0.4, -0.2) is 20.9 Å². The summed E-state index contributed by atoms with van der Waals surface area (Å²) in [5.41, 5.74) is 0.579. The molecule has 0 saturated carbocycles. The molecule has 0 aromatic heterocycles. The molecule has 0 atom stereocenters. The standard InChI is InChI=1S/C17H18Cl2N2O3S/c1-2-3-10-20-17(22)12-4-9-15(19)16(11-12)25(23,24)21-14-7-5-13(18)6-8-14/h4-9,11,21H,2-3,10H2,1H3,(H,20,22). The van der Waals surface area contributed by atoms with Gasteiger partial charge in [0, 0.05) is 22.8 Å². The van der Waals surface area contributed by atoms with Gasteiger partial charge < -0.3 is 5.32 Å². The number of anilines is 1. The molecular weight excluding hydrogens is 383 g/mol. The Labute approximate surface area is 157 Å². The quantitative estimate of drug-likeness (QED) is 0.679. The van der Waals surface area contributed by atoms with Crippen LogP contribution in [0.1, 0.15) is 30.1 Å². The molecule has 25 heavy (non-hydrogen) atoms. The van der Waals surface area contributed by atoms with Crippen LogP contribution in [0.5, 0.6) is 0 Å². The lowest BCUT2D eigenvalue weighted by atomic mass is 10.2. The molecule has 2 rings (SSSR count). The number of carbonyl (C=O) groups is 1. The summed E-state index contributed by atoms with van der Waals surface area (Å²) >= 11 is 11.8. The van der Waals surface area contributed by atoms with E-state index in [-0.39, 0.29) is 21.4 Å². The van der Waals surface area contributed by atoms with E-state index in [1.54, 1.807) is 12.1 Å². The molecule has 0 fully saturated rings. The third-order valence-corrected chi connectivity index (χ3v) is 5.51. The van der Waals surface area contributed by atoms with Crippen molar-refractivity contribution in [2.75, 3.05) is 11.3 Å².